The average Bonchev–Trinajstić information content (AvgIpc) is 2.35. The normalized spacial score (nSPS) is 12.7. The predicted octanol–water partition coefficient (Wildman–Crippen LogP) is 3.47. The molecule has 0 saturated heterocycles. The lowest BCUT2D eigenvalue weighted by Crippen LogP contribution is -2.36. The van der Waals surface area contributed by atoms with E-state index in [-0.39, 0.29) is 10.6 Å². The van der Waals surface area contributed by atoms with Crippen LogP contribution < -0.4 is 5.32 Å². The van der Waals surface area contributed by atoms with Crippen LogP contribution in [0.25, 0.3) is 0 Å². The number of hydrogen-bond donors (Lipinski definition) is 1. The highest BCUT2D eigenvalue weighted by Gasteiger charge is 2.15. The number of nitro benzene ring substituents is 1. The summed E-state index contributed by atoms with van der Waals surface area (Å²) in [5, 5.41) is 14.3. The van der Waals surface area contributed by atoms with E-state index >= 15 is 0 Å². The molecule has 4 heteroatoms. The highest BCUT2D eigenvalue weighted by atomic mass is 16.6. The van der Waals surface area contributed by atoms with Crippen LogP contribution in [-0.2, 0) is 6.42 Å². The number of aryl methyl sites for hydroxylation is 1. The van der Waals surface area contributed by atoms with Crippen molar-refractivity contribution in [3.05, 3.63) is 39.4 Å². The highest BCUT2D eigenvalue weighted by Crippen LogP contribution is 2.20. The van der Waals surface area contributed by atoms with E-state index in [2.05, 4.69) is 26.1 Å². The molecule has 19 heavy (non-hydrogen) atoms. The van der Waals surface area contributed by atoms with Crippen molar-refractivity contribution in [2.75, 3.05) is 6.54 Å². The molecule has 0 aliphatic rings. The van der Waals surface area contributed by atoms with Crippen molar-refractivity contribution in [1.82, 2.24) is 5.32 Å². The van der Waals surface area contributed by atoms with Gasteiger partial charge in [0.25, 0.3) is 5.69 Å². The molecule has 0 aliphatic heterocycles. The first-order valence-electron chi connectivity index (χ1n) is 6.93. The molecule has 1 aromatic rings. The molecule has 0 spiro atoms. The van der Waals surface area contributed by atoms with Crippen molar-refractivity contribution >= 4 is 5.69 Å². The molecule has 0 saturated carbocycles. The summed E-state index contributed by atoms with van der Waals surface area (Å²) in [6.07, 6.45) is 2.03. The second-order valence-corrected chi connectivity index (χ2v) is 5.38. The van der Waals surface area contributed by atoms with Crippen LogP contribution in [0, 0.1) is 23.0 Å². The summed E-state index contributed by atoms with van der Waals surface area (Å²) in [4.78, 5) is 10.4. The Hall–Kier alpha value is -1.42. The number of non-ortho nitro benzene ring substituents is 1. The Labute approximate surface area is 115 Å². The zero-order valence-electron chi connectivity index (χ0n) is 12.3. The van der Waals surface area contributed by atoms with Gasteiger partial charge in [-0.05, 0) is 43.4 Å². The second kappa shape index (κ2) is 7.24. The van der Waals surface area contributed by atoms with Gasteiger partial charge in [-0.15, -0.1) is 0 Å². The van der Waals surface area contributed by atoms with Gasteiger partial charge in [0.15, 0.2) is 0 Å². The van der Waals surface area contributed by atoms with Gasteiger partial charge < -0.3 is 5.32 Å². The number of nitrogens with zero attached hydrogens (tertiary/aromatic N) is 1. The van der Waals surface area contributed by atoms with Gasteiger partial charge in [0.05, 0.1) is 4.92 Å². The Bertz CT molecular complexity index is 430. The van der Waals surface area contributed by atoms with Crippen LogP contribution in [0.5, 0.6) is 0 Å². The van der Waals surface area contributed by atoms with E-state index in [1.807, 2.05) is 13.0 Å². The number of benzene rings is 1. The third-order valence-corrected chi connectivity index (χ3v) is 3.44. The maximum atomic E-state index is 10.7. The number of nitrogens with one attached hydrogen (secondary N) is 1. The number of rotatable bonds is 7. The largest absolute Gasteiger partial charge is 0.313 e. The molecule has 1 atom stereocenters. The summed E-state index contributed by atoms with van der Waals surface area (Å²) < 4.78 is 0. The summed E-state index contributed by atoms with van der Waals surface area (Å²) in [5.74, 6) is 0.543. The summed E-state index contributed by atoms with van der Waals surface area (Å²) in [6, 6.07) is 5.56. The van der Waals surface area contributed by atoms with Gasteiger partial charge in [-0.25, -0.2) is 0 Å². The maximum Gasteiger partial charge on any atom is 0.269 e. The fourth-order valence-electron chi connectivity index (χ4n) is 2.13. The van der Waals surface area contributed by atoms with Crippen LogP contribution in [0.3, 0.4) is 0 Å². The molecule has 4 nitrogen and oxygen atoms in total. The smallest absolute Gasteiger partial charge is 0.269 e. The number of nitro groups is 1. The molecule has 106 valence electrons. The van der Waals surface area contributed by atoms with Crippen LogP contribution in [0.15, 0.2) is 18.2 Å². The Balaban J connectivity index is 2.81. The van der Waals surface area contributed by atoms with Crippen molar-refractivity contribution in [2.24, 2.45) is 5.92 Å². The summed E-state index contributed by atoms with van der Waals surface area (Å²) in [6.45, 7) is 9.51. The van der Waals surface area contributed by atoms with Crippen molar-refractivity contribution in [1.29, 1.82) is 0 Å². The summed E-state index contributed by atoms with van der Waals surface area (Å²) in [5.41, 5.74) is 2.36. The molecule has 0 radical (unpaired) electrons. The quantitative estimate of drug-likeness (QED) is 0.606. The fourth-order valence-corrected chi connectivity index (χ4v) is 2.13. The maximum absolute atomic E-state index is 10.7. The molecule has 0 amide bonds. The first kappa shape index (κ1) is 15.6. The van der Waals surface area contributed by atoms with Crippen LogP contribution in [0.1, 0.15) is 38.3 Å². The molecule has 0 bridgehead atoms. The van der Waals surface area contributed by atoms with Gasteiger partial charge in [0, 0.05) is 18.2 Å². The minimum atomic E-state index is -0.341. The van der Waals surface area contributed by atoms with Crippen molar-refractivity contribution in [3.8, 4) is 0 Å². The number of hydrogen-bond acceptors (Lipinski definition) is 3. The van der Waals surface area contributed by atoms with Crippen molar-refractivity contribution in [2.45, 2.75) is 46.6 Å². The van der Waals surface area contributed by atoms with Gasteiger partial charge in [-0.3, -0.25) is 10.1 Å². The zero-order valence-corrected chi connectivity index (χ0v) is 12.3. The third kappa shape index (κ3) is 4.63. The van der Waals surface area contributed by atoms with E-state index in [9.17, 15) is 10.1 Å². The summed E-state index contributed by atoms with van der Waals surface area (Å²) in [7, 11) is 0. The van der Waals surface area contributed by atoms with E-state index in [1.165, 1.54) is 5.56 Å². The molecule has 1 aromatic carbocycles. The van der Waals surface area contributed by atoms with E-state index in [0.717, 1.165) is 24.9 Å². The summed E-state index contributed by atoms with van der Waals surface area (Å²) >= 11 is 0. The van der Waals surface area contributed by atoms with E-state index < -0.39 is 0 Å². The third-order valence-electron chi connectivity index (χ3n) is 3.44. The Morgan fingerprint density at radius 3 is 2.53 bits per heavy atom. The van der Waals surface area contributed by atoms with Crippen LogP contribution >= 0.6 is 0 Å². The standard InChI is InChI=1S/C15H24N2O2/c1-5-8-16-15(11(2)3)10-13-6-7-14(17(18)19)9-12(13)4/h6-7,9,11,15-16H,5,8,10H2,1-4H3. The Morgan fingerprint density at radius 2 is 2.05 bits per heavy atom. The zero-order chi connectivity index (χ0) is 14.4. The van der Waals surface area contributed by atoms with Gasteiger partial charge in [0.2, 0.25) is 0 Å². The molecule has 1 N–H and O–H groups in total. The molecule has 0 aromatic heterocycles. The molecule has 1 unspecified atom stereocenters. The Kier molecular flexibility index (Phi) is 5.96. The van der Waals surface area contributed by atoms with Crippen molar-refractivity contribution < 1.29 is 4.92 Å². The van der Waals surface area contributed by atoms with Gasteiger partial charge in [-0.2, -0.15) is 0 Å². The van der Waals surface area contributed by atoms with Crippen molar-refractivity contribution in [3.63, 3.8) is 0 Å². The predicted molar refractivity (Wildman–Crippen MR) is 78.5 cm³/mol. The molecule has 0 aliphatic carbocycles. The monoisotopic (exact) mass is 264 g/mol. The van der Waals surface area contributed by atoms with Crippen LogP contribution in [0.4, 0.5) is 5.69 Å². The van der Waals surface area contributed by atoms with E-state index in [0.29, 0.717) is 12.0 Å². The van der Waals surface area contributed by atoms with Crippen LogP contribution in [-0.4, -0.2) is 17.5 Å². The van der Waals surface area contributed by atoms with Gasteiger partial charge >= 0.3 is 0 Å². The van der Waals surface area contributed by atoms with Gasteiger partial charge in [0.1, 0.15) is 0 Å². The lowest BCUT2D eigenvalue weighted by atomic mass is 9.93. The first-order chi connectivity index (χ1) is 8.95. The van der Waals surface area contributed by atoms with Gasteiger partial charge in [-0.1, -0.05) is 26.8 Å². The van der Waals surface area contributed by atoms with E-state index in [4.69, 9.17) is 0 Å². The SMILES string of the molecule is CCCNC(Cc1ccc([N+](=O)[O-])cc1C)C(C)C. The topological polar surface area (TPSA) is 55.2 Å². The second-order valence-electron chi connectivity index (χ2n) is 5.38. The Morgan fingerprint density at radius 1 is 1.37 bits per heavy atom. The molecule has 0 fully saturated rings. The minimum Gasteiger partial charge on any atom is -0.313 e. The first-order valence-corrected chi connectivity index (χ1v) is 6.93. The van der Waals surface area contributed by atoms with E-state index in [1.54, 1.807) is 12.1 Å². The lowest BCUT2D eigenvalue weighted by molar-refractivity contribution is -0.384. The molecular weight excluding hydrogens is 240 g/mol. The average molecular weight is 264 g/mol. The van der Waals surface area contributed by atoms with Crippen LogP contribution in [0.2, 0.25) is 0 Å². The molecule has 0 heterocycles. The lowest BCUT2D eigenvalue weighted by Gasteiger charge is -2.23. The molecular formula is C15H24N2O2. The highest BCUT2D eigenvalue weighted by molar-refractivity contribution is 5.39. The fraction of sp³-hybridized carbons (Fsp3) is 0.600. The molecule has 1 rings (SSSR count). The minimum absolute atomic E-state index is 0.170.